The van der Waals surface area contributed by atoms with E-state index in [9.17, 15) is 13.9 Å². The Morgan fingerprint density at radius 2 is 1.84 bits per heavy atom. The Morgan fingerprint density at radius 3 is 2.47 bits per heavy atom. The van der Waals surface area contributed by atoms with Crippen molar-refractivity contribution in [2.45, 2.75) is 6.10 Å². The first-order valence-electron chi connectivity index (χ1n) is 6.20. The summed E-state index contributed by atoms with van der Waals surface area (Å²) in [5.41, 5.74) is 0. The summed E-state index contributed by atoms with van der Waals surface area (Å²) in [6.07, 6.45) is -0.704. The highest BCUT2D eigenvalue weighted by Gasteiger charge is 2.15. The van der Waals surface area contributed by atoms with Gasteiger partial charge in [0.15, 0.2) is 0 Å². The minimum Gasteiger partial charge on any atom is -0.491 e. The van der Waals surface area contributed by atoms with Crippen molar-refractivity contribution in [3.8, 4) is 5.75 Å². The standard InChI is InChI=1S/C13H17F2NO3/c14-10-5-11(15)7-13(6-10)19-9-12(17)8-16-1-3-18-4-2-16/h5-7,12,17H,1-4,8-9H2. The molecule has 1 aliphatic heterocycles. The second kappa shape index (κ2) is 6.79. The lowest BCUT2D eigenvalue weighted by molar-refractivity contribution is 0.00460. The summed E-state index contributed by atoms with van der Waals surface area (Å²) in [4.78, 5) is 2.06. The van der Waals surface area contributed by atoms with E-state index in [0.29, 0.717) is 19.8 Å². The highest BCUT2D eigenvalue weighted by atomic mass is 19.1. The molecule has 106 valence electrons. The van der Waals surface area contributed by atoms with Crippen molar-refractivity contribution in [1.82, 2.24) is 4.90 Å². The molecular formula is C13H17F2NO3. The Balaban J connectivity index is 1.77. The molecule has 1 heterocycles. The number of hydrogen-bond acceptors (Lipinski definition) is 4. The Kier molecular flexibility index (Phi) is 5.07. The third kappa shape index (κ3) is 4.74. The Bertz CT molecular complexity index is 391. The normalized spacial score (nSPS) is 18.3. The monoisotopic (exact) mass is 273 g/mol. The highest BCUT2D eigenvalue weighted by Crippen LogP contribution is 2.15. The zero-order valence-corrected chi connectivity index (χ0v) is 10.5. The number of halogens is 2. The number of ether oxygens (including phenoxy) is 2. The minimum absolute atomic E-state index is 0.000248. The van der Waals surface area contributed by atoms with Gasteiger partial charge in [0.05, 0.1) is 13.2 Å². The highest BCUT2D eigenvalue weighted by molar-refractivity contribution is 5.23. The fraction of sp³-hybridized carbons (Fsp3) is 0.538. The molecule has 0 saturated carbocycles. The van der Waals surface area contributed by atoms with E-state index in [1.54, 1.807) is 0 Å². The molecule has 1 aliphatic rings. The molecule has 6 heteroatoms. The molecule has 0 aromatic heterocycles. The predicted octanol–water partition coefficient (Wildman–Crippen LogP) is 1.04. The number of benzene rings is 1. The van der Waals surface area contributed by atoms with Crippen molar-refractivity contribution < 1.29 is 23.4 Å². The number of nitrogens with zero attached hydrogens (tertiary/aromatic N) is 1. The van der Waals surface area contributed by atoms with Crippen LogP contribution < -0.4 is 4.74 Å². The van der Waals surface area contributed by atoms with E-state index in [-0.39, 0.29) is 12.4 Å². The van der Waals surface area contributed by atoms with E-state index >= 15 is 0 Å². The molecule has 1 N–H and O–H groups in total. The van der Waals surface area contributed by atoms with Crippen LogP contribution in [-0.2, 0) is 4.74 Å². The fourth-order valence-electron chi connectivity index (χ4n) is 1.94. The van der Waals surface area contributed by atoms with Crippen molar-refractivity contribution in [3.05, 3.63) is 29.8 Å². The van der Waals surface area contributed by atoms with Gasteiger partial charge in [-0.05, 0) is 0 Å². The maximum absolute atomic E-state index is 12.9. The molecule has 1 fully saturated rings. The average Bonchev–Trinajstić information content (AvgIpc) is 2.36. The number of β-amino-alcohol motifs (C(OH)–C–C–N with tert-alkyl or cyclic N) is 1. The molecule has 1 aromatic rings. The SMILES string of the molecule is OC(COc1cc(F)cc(F)c1)CN1CCOCC1. The maximum Gasteiger partial charge on any atom is 0.129 e. The van der Waals surface area contributed by atoms with E-state index < -0.39 is 17.7 Å². The van der Waals surface area contributed by atoms with Crippen LogP contribution >= 0.6 is 0 Å². The summed E-state index contributed by atoms with van der Waals surface area (Å²) in [6, 6.07) is 2.95. The van der Waals surface area contributed by atoms with Crippen LogP contribution in [0.25, 0.3) is 0 Å². The van der Waals surface area contributed by atoms with Crippen molar-refractivity contribution in [2.75, 3.05) is 39.5 Å². The van der Waals surface area contributed by atoms with E-state index in [2.05, 4.69) is 4.90 Å². The lowest BCUT2D eigenvalue weighted by atomic mass is 10.3. The van der Waals surface area contributed by atoms with Crippen molar-refractivity contribution in [3.63, 3.8) is 0 Å². The van der Waals surface area contributed by atoms with Gasteiger partial charge in [0, 0.05) is 37.8 Å². The second-order valence-electron chi connectivity index (χ2n) is 4.48. The van der Waals surface area contributed by atoms with Crippen LogP contribution in [0.15, 0.2) is 18.2 Å². The second-order valence-corrected chi connectivity index (χ2v) is 4.48. The molecule has 2 rings (SSSR count). The van der Waals surface area contributed by atoms with E-state index in [1.807, 2.05) is 0 Å². The Morgan fingerprint density at radius 1 is 1.21 bits per heavy atom. The molecule has 0 amide bonds. The smallest absolute Gasteiger partial charge is 0.129 e. The van der Waals surface area contributed by atoms with Gasteiger partial charge in [0.25, 0.3) is 0 Å². The van der Waals surface area contributed by atoms with Crippen LogP contribution in [0.2, 0.25) is 0 Å². The predicted molar refractivity (Wildman–Crippen MR) is 65.1 cm³/mol. The van der Waals surface area contributed by atoms with Gasteiger partial charge in [-0.1, -0.05) is 0 Å². The molecule has 1 saturated heterocycles. The number of aliphatic hydroxyl groups excluding tert-OH is 1. The summed E-state index contributed by atoms with van der Waals surface area (Å²) >= 11 is 0. The zero-order chi connectivity index (χ0) is 13.7. The number of aliphatic hydroxyl groups is 1. The van der Waals surface area contributed by atoms with Crippen LogP contribution in [0.3, 0.4) is 0 Å². The van der Waals surface area contributed by atoms with Crippen LogP contribution in [0.1, 0.15) is 0 Å². The van der Waals surface area contributed by atoms with Gasteiger partial charge in [-0.25, -0.2) is 8.78 Å². The molecule has 1 atom stereocenters. The van der Waals surface area contributed by atoms with Crippen LogP contribution in [0.5, 0.6) is 5.75 Å². The molecule has 0 bridgehead atoms. The summed E-state index contributed by atoms with van der Waals surface area (Å²) < 4.78 is 36.2. The first-order chi connectivity index (χ1) is 9.13. The van der Waals surface area contributed by atoms with Gasteiger partial charge < -0.3 is 14.6 Å². The molecule has 0 spiro atoms. The number of rotatable bonds is 5. The lowest BCUT2D eigenvalue weighted by Crippen LogP contribution is -2.42. The van der Waals surface area contributed by atoms with Gasteiger partial charge in [0.1, 0.15) is 30.1 Å². The molecule has 0 radical (unpaired) electrons. The molecule has 19 heavy (non-hydrogen) atoms. The van der Waals surface area contributed by atoms with Gasteiger partial charge in [0.2, 0.25) is 0 Å². The summed E-state index contributed by atoms with van der Waals surface area (Å²) in [5.74, 6) is -1.31. The first kappa shape index (κ1) is 14.2. The van der Waals surface area contributed by atoms with Gasteiger partial charge in [-0.15, -0.1) is 0 Å². The average molecular weight is 273 g/mol. The fourth-order valence-corrected chi connectivity index (χ4v) is 1.94. The largest absolute Gasteiger partial charge is 0.491 e. The maximum atomic E-state index is 12.9. The molecular weight excluding hydrogens is 256 g/mol. The third-order valence-corrected chi connectivity index (χ3v) is 2.85. The van der Waals surface area contributed by atoms with Gasteiger partial charge in [-0.2, -0.15) is 0 Å². The first-order valence-corrected chi connectivity index (χ1v) is 6.20. The van der Waals surface area contributed by atoms with Crippen LogP contribution in [0, 0.1) is 11.6 Å². The molecule has 0 aliphatic carbocycles. The van der Waals surface area contributed by atoms with Crippen molar-refractivity contribution in [1.29, 1.82) is 0 Å². The van der Waals surface area contributed by atoms with E-state index in [4.69, 9.17) is 9.47 Å². The summed E-state index contributed by atoms with van der Waals surface area (Å²) in [5, 5.41) is 9.81. The molecule has 4 nitrogen and oxygen atoms in total. The van der Waals surface area contributed by atoms with Gasteiger partial charge in [-0.3, -0.25) is 4.90 Å². The quantitative estimate of drug-likeness (QED) is 0.870. The third-order valence-electron chi connectivity index (χ3n) is 2.85. The molecule has 1 unspecified atom stereocenters. The number of hydrogen-bond donors (Lipinski definition) is 1. The topological polar surface area (TPSA) is 41.9 Å². The lowest BCUT2D eigenvalue weighted by Gasteiger charge is -2.28. The van der Waals surface area contributed by atoms with Crippen molar-refractivity contribution in [2.24, 2.45) is 0 Å². The Labute approximate surface area is 110 Å². The molecule has 1 aromatic carbocycles. The van der Waals surface area contributed by atoms with Crippen LogP contribution in [0.4, 0.5) is 8.78 Å². The van der Waals surface area contributed by atoms with E-state index in [1.165, 1.54) is 0 Å². The Hall–Kier alpha value is -1.24. The summed E-state index contributed by atoms with van der Waals surface area (Å²) in [7, 11) is 0. The number of morpholine rings is 1. The van der Waals surface area contributed by atoms with Crippen molar-refractivity contribution >= 4 is 0 Å². The van der Waals surface area contributed by atoms with E-state index in [0.717, 1.165) is 31.3 Å². The minimum atomic E-state index is -0.704. The zero-order valence-electron chi connectivity index (χ0n) is 10.5. The van der Waals surface area contributed by atoms with Crippen LogP contribution in [-0.4, -0.2) is 55.6 Å². The summed E-state index contributed by atoms with van der Waals surface area (Å²) in [6.45, 7) is 3.31. The van der Waals surface area contributed by atoms with Gasteiger partial charge >= 0.3 is 0 Å².